The molecule has 5 heteroatoms. The SMILES string of the molecule is CCOC(=O)C1CCCc2sc(N3CCC3)nc21. The number of hydrogen-bond donors (Lipinski definition) is 0. The molecule has 1 atom stereocenters. The normalized spacial score (nSPS) is 22.3. The summed E-state index contributed by atoms with van der Waals surface area (Å²) in [7, 11) is 0. The van der Waals surface area contributed by atoms with Gasteiger partial charge in [-0.25, -0.2) is 4.98 Å². The summed E-state index contributed by atoms with van der Waals surface area (Å²) in [5, 5.41) is 1.10. The molecule has 1 aromatic heterocycles. The number of fused-ring (bicyclic) bond motifs is 1. The third-order valence-electron chi connectivity index (χ3n) is 3.64. The first kappa shape index (κ1) is 12.0. The molecule has 1 aliphatic carbocycles. The summed E-state index contributed by atoms with van der Waals surface area (Å²) in [5.74, 6) is -0.223. The van der Waals surface area contributed by atoms with Crippen LogP contribution >= 0.6 is 11.3 Å². The topological polar surface area (TPSA) is 42.4 Å². The Morgan fingerprint density at radius 2 is 2.33 bits per heavy atom. The van der Waals surface area contributed by atoms with Crippen LogP contribution in [0.2, 0.25) is 0 Å². The van der Waals surface area contributed by atoms with Crippen LogP contribution in [0.15, 0.2) is 0 Å². The molecule has 1 aliphatic heterocycles. The molecule has 0 N–H and O–H groups in total. The molecule has 2 aliphatic rings. The number of carbonyl (C=O) groups excluding carboxylic acids is 1. The average Bonchev–Trinajstić information content (AvgIpc) is 2.69. The highest BCUT2D eigenvalue weighted by atomic mass is 32.1. The van der Waals surface area contributed by atoms with Gasteiger partial charge in [0.25, 0.3) is 0 Å². The van der Waals surface area contributed by atoms with Gasteiger partial charge in [-0.2, -0.15) is 0 Å². The number of hydrogen-bond acceptors (Lipinski definition) is 5. The maximum Gasteiger partial charge on any atom is 0.315 e. The zero-order valence-electron chi connectivity index (χ0n) is 10.6. The summed E-state index contributed by atoms with van der Waals surface area (Å²) in [6, 6.07) is 0. The fourth-order valence-corrected chi connectivity index (χ4v) is 3.74. The van der Waals surface area contributed by atoms with E-state index in [0.29, 0.717) is 6.61 Å². The fraction of sp³-hybridized carbons (Fsp3) is 0.692. The lowest BCUT2D eigenvalue weighted by Crippen LogP contribution is -2.36. The number of thiazole rings is 1. The van der Waals surface area contributed by atoms with E-state index in [-0.39, 0.29) is 11.9 Å². The summed E-state index contributed by atoms with van der Waals surface area (Å²) in [6.07, 6.45) is 4.27. The van der Waals surface area contributed by atoms with E-state index in [9.17, 15) is 4.79 Å². The minimum atomic E-state index is -0.125. The molecule has 2 heterocycles. The van der Waals surface area contributed by atoms with Gasteiger partial charge >= 0.3 is 5.97 Å². The Kier molecular flexibility index (Phi) is 3.24. The van der Waals surface area contributed by atoms with Crippen LogP contribution in [0.1, 0.15) is 42.7 Å². The van der Waals surface area contributed by atoms with Gasteiger partial charge in [0.05, 0.1) is 12.3 Å². The van der Waals surface area contributed by atoms with E-state index in [4.69, 9.17) is 9.72 Å². The van der Waals surface area contributed by atoms with E-state index in [2.05, 4.69) is 4.90 Å². The Labute approximate surface area is 111 Å². The number of esters is 1. The van der Waals surface area contributed by atoms with Crippen molar-refractivity contribution in [2.24, 2.45) is 0 Å². The van der Waals surface area contributed by atoms with Gasteiger partial charge in [-0.15, -0.1) is 11.3 Å². The van der Waals surface area contributed by atoms with E-state index in [0.717, 1.165) is 43.2 Å². The van der Waals surface area contributed by atoms with Crippen molar-refractivity contribution in [1.29, 1.82) is 0 Å². The van der Waals surface area contributed by atoms with Crippen molar-refractivity contribution in [3.63, 3.8) is 0 Å². The molecule has 0 bridgehead atoms. The van der Waals surface area contributed by atoms with Gasteiger partial charge in [0.1, 0.15) is 5.92 Å². The molecule has 0 spiro atoms. The minimum absolute atomic E-state index is 0.0982. The molecule has 0 amide bonds. The van der Waals surface area contributed by atoms with Gasteiger partial charge in [0.2, 0.25) is 0 Å². The van der Waals surface area contributed by atoms with Gasteiger partial charge in [-0.05, 0) is 32.6 Å². The maximum atomic E-state index is 12.0. The minimum Gasteiger partial charge on any atom is -0.465 e. The third kappa shape index (κ3) is 2.00. The predicted molar refractivity (Wildman–Crippen MR) is 71.3 cm³/mol. The lowest BCUT2D eigenvalue weighted by atomic mass is 9.91. The number of aryl methyl sites for hydroxylation is 1. The van der Waals surface area contributed by atoms with Crippen LogP contribution in [-0.2, 0) is 16.0 Å². The van der Waals surface area contributed by atoms with Crippen LogP contribution in [0.3, 0.4) is 0 Å². The number of carbonyl (C=O) groups is 1. The zero-order chi connectivity index (χ0) is 12.5. The second kappa shape index (κ2) is 4.88. The Morgan fingerprint density at radius 1 is 1.50 bits per heavy atom. The Bertz CT molecular complexity index is 454. The van der Waals surface area contributed by atoms with E-state index < -0.39 is 0 Å². The van der Waals surface area contributed by atoms with Crippen molar-refractivity contribution in [3.05, 3.63) is 10.6 Å². The van der Waals surface area contributed by atoms with Gasteiger partial charge < -0.3 is 9.64 Å². The molecular weight excluding hydrogens is 248 g/mol. The molecule has 98 valence electrons. The van der Waals surface area contributed by atoms with Crippen molar-refractivity contribution in [3.8, 4) is 0 Å². The lowest BCUT2D eigenvalue weighted by molar-refractivity contribution is -0.145. The molecule has 1 fully saturated rings. The quantitative estimate of drug-likeness (QED) is 0.788. The van der Waals surface area contributed by atoms with E-state index in [1.165, 1.54) is 11.3 Å². The summed E-state index contributed by atoms with van der Waals surface area (Å²) in [4.78, 5) is 20.2. The first-order valence-corrected chi connectivity index (χ1v) is 7.52. The zero-order valence-corrected chi connectivity index (χ0v) is 11.5. The van der Waals surface area contributed by atoms with E-state index in [1.54, 1.807) is 11.3 Å². The standard InChI is InChI=1S/C13H18N2O2S/c1-2-17-12(16)9-5-3-6-10-11(9)14-13(18-10)15-7-4-8-15/h9H,2-8H2,1H3. The van der Waals surface area contributed by atoms with Gasteiger partial charge in [-0.1, -0.05) is 0 Å². The highest BCUT2D eigenvalue weighted by molar-refractivity contribution is 7.15. The Morgan fingerprint density at radius 3 is 3.00 bits per heavy atom. The molecule has 1 aromatic rings. The van der Waals surface area contributed by atoms with Crippen LogP contribution < -0.4 is 4.90 Å². The molecule has 0 radical (unpaired) electrons. The largest absolute Gasteiger partial charge is 0.465 e. The van der Waals surface area contributed by atoms with Crippen LogP contribution in [0, 0.1) is 0 Å². The number of anilines is 1. The number of ether oxygens (including phenoxy) is 1. The summed E-state index contributed by atoms with van der Waals surface area (Å²) < 4.78 is 5.16. The first-order valence-electron chi connectivity index (χ1n) is 6.70. The molecule has 0 aromatic carbocycles. The highest BCUT2D eigenvalue weighted by Crippen LogP contribution is 2.39. The first-order chi connectivity index (χ1) is 8.79. The predicted octanol–water partition coefficient (Wildman–Crippen LogP) is 2.34. The summed E-state index contributed by atoms with van der Waals surface area (Å²) in [6.45, 7) is 4.52. The molecule has 18 heavy (non-hydrogen) atoms. The van der Waals surface area contributed by atoms with Crippen LogP contribution in [0.5, 0.6) is 0 Å². The van der Waals surface area contributed by atoms with Crippen molar-refractivity contribution >= 4 is 22.4 Å². The van der Waals surface area contributed by atoms with E-state index >= 15 is 0 Å². The lowest BCUT2D eigenvalue weighted by Gasteiger charge is -2.30. The second-order valence-corrected chi connectivity index (χ2v) is 5.90. The van der Waals surface area contributed by atoms with Gasteiger partial charge in [0, 0.05) is 18.0 Å². The third-order valence-corrected chi connectivity index (χ3v) is 4.83. The van der Waals surface area contributed by atoms with Gasteiger partial charge in [-0.3, -0.25) is 4.79 Å². The second-order valence-electron chi connectivity index (χ2n) is 4.84. The average molecular weight is 266 g/mol. The highest BCUT2D eigenvalue weighted by Gasteiger charge is 2.32. The molecular formula is C13H18N2O2S. The van der Waals surface area contributed by atoms with Crippen molar-refractivity contribution in [2.45, 2.75) is 38.5 Å². The van der Waals surface area contributed by atoms with Crippen LogP contribution in [-0.4, -0.2) is 30.6 Å². The number of rotatable bonds is 3. The Hall–Kier alpha value is -1.10. The van der Waals surface area contributed by atoms with Gasteiger partial charge in [0.15, 0.2) is 5.13 Å². The summed E-state index contributed by atoms with van der Waals surface area (Å²) in [5.41, 5.74) is 0.992. The van der Waals surface area contributed by atoms with Crippen LogP contribution in [0.25, 0.3) is 0 Å². The molecule has 3 rings (SSSR count). The number of nitrogens with zero attached hydrogens (tertiary/aromatic N) is 2. The van der Waals surface area contributed by atoms with Crippen molar-refractivity contribution in [2.75, 3.05) is 24.6 Å². The molecule has 1 unspecified atom stereocenters. The van der Waals surface area contributed by atoms with Crippen molar-refractivity contribution in [1.82, 2.24) is 4.98 Å². The molecule has 1 saturated heterocycles. The number of aromatic nitrogens is 1. The van der Waals surface area contributed by atoms with Crippen LogP contribution in [0.4, 0.5) is 5.13 Å². The molecule has 0 saturated carbocycles. The Balaban J connectivity index is 1.85. The monoisotopic (exact) mass is 266 g/mol. The smallest absolute Gasteiger partial charge is 0.315 e. The fourth-order valence-electron chi connectivity index (χ4n) is 2.52. The molecule has 4 nitrogen and oxygen atoms in total. The maximum absolute atomic E-state index is 12.0. The summed E-state index contributed by atoms with van der Waals surface area (Å²) >= 11 is 1.77. The van der Waals surface area contributed by atoms with Crippen molar-refractivity contribution < 1.29 is 9.53 Å². The van der Waals surface area contributed by atoms with E-state index in [1.807, 2.05) is 6.92 Å².